The molecule has 2 amide bonds. The van der Waals surface area contributed by atoms with Crippen LogP contribution in [0, 0.1) is 11.3 Å². The van der Waals surface area contributed by atoms with Gasteiger partial charge in [-0.15, -0.1) is 0 Å². The number of urea groups is 1. The minimum absolute atomic E-state index is 0.276. The smallest absolute Gasteiger partial charge is 0.329 e. The molecule has 0 aliphatic rings. The Hall–Kier alpha value is -2.55. The second-order valence-electron chi connectivity index (χ2n) is 4.71. The number of carbonyl (C=O) groups is 2. The highest BCUT2D eigenvalue weighted by atomic mass is 16.4. The molecule has 1 rings (SSSR count). The number of amides is 2. The van der Waals surface area contributed by atoms with Gasteiger partial charge in [-0.1, -0.05) is 26.0 Å². The van der Waals surface area contributed by atoms with E-state index < -0.39 is 17.5 Å². The van der Waals surface area contributed by atoms with Gasteiger partial charge in [0.1, 0.15) is 11.6 Å². The van der Waals surface area contributed by atoms with Gasteiger partial charge < -0.3 is 10.4 Å². The molecule has 0 saturated heterocycles. The van der Waals surface area contributed by atoms with Crippen molar-refractivity contribution in [1.29, 1.82) is 5.26 Å². The fourth-order valence-electron chi connectivity index (χ4n) is 2.04. The maximum Gasteiger partial charge on any atom is 0.329 e. The molecule has 0 heterocycles. The number of anilines is 1. The van der Waals surface area contributed by atoms with Crippen LogP contribution in [0.1, 0.15) is 32.3 Å². The maximum absolute atomic E-state index is 12.3. The number of hydrogen-bond donors (Lipinski definition) is 2. The average molecular weight is 289 g/mol. The van der Waals surface area contributed by atoms with Crippen LogP contribution < -0.4 is 10.2 Å². The van der Waals surface area contributed by atoms with E-state index >= 15 is 0 Å². The molecule has 6 nitrogen and oxygen atoms in total. The molecule has 0 aliphatic heterocycles. The molecule has 0 unspecified atom stereocenters. The molecule has 1 aromatic rings. The zero-order chi connectivity index (χ0) is 16.0. The van der Waals surface area contributed by atoms with Gasteiger partial charge in [0.2, 0.25) is 0 Å². The van der Waals surface area contributed by atoms with Crippen LogP contribution in [-0.2, 0) is 4.79 Å². The monoisotopic (exact) mass is 289 g/mol. The van der Waals surface area contributed by atoms with E-state index in [0.29, 0.717) is 11.3 Å². The molecule has 0 radical (unpaired) electrons. The van der Waals surface area contributed by atoms with Crippen LogP contribution in [0.2, 0.25) is 0 Å². The molecule has 0 aromatic heterocycles. The Morgan fingerprint density at radius 2 is 1.90 bits per heavy atom. The Labute approximate surface area is 124 Å². The van der Waals surface area contributed by atoms with Crippen molar-refractivity contribution in [2.75, 3.05) is 11.9 Å². The van der Waals surface area contributed by atoms with Gasteiger partial charge in [0.05, 0.1) is 11.3 Å². The minimum Gasteiger partial charge on any atom is -0.480 e. The van der Waals surface area contributed by atoms with Crippen molar-refractivity contribution in [3.63, 3.8) is 0 Å². The maximum atomic E-state index is 12.3. The third kappa shape index (κ3) is 3.31. The van der Waals surface area contributed by atoms with E-state index in [2.05, 4.69) is 5.32 Å². The first-order chi connectivity index (χ1) is 9.91. The molecule has 0 fully saturated rings. The van der Waals surface area contributed by atoms with Crippen molar-refractivity contribution in [1.82, 2.24) is 5.32 Å². The van der Waals surface area contributed by atoms with Gasteiger partial charge in [-0.2, -0.15) is 5.26 Å². The number of hydrogen-bond acceptors (Lipinski definition) is 3. The van der Waals surface area contributed by atoms with Gasteiger partial charge >= 0.3 is 12.0 Å². The largest absolute Gasteiger partial charge is 0.480 e. The van der Waals surface area contributed by atoms with Gasteiger partial charge in [0.15, 0.2) is 0 Å². The van der Waals surface area contributed by atoms with Gasteiger partial charge in [-0.25, -0.2) is 9.59 Å². The molecule has 112 valence electrons. The fraction of sp³-hybridized carbons (Fsp3) is 0.400. The number of carbonyl (C=O) groups excluding carboxylic acids is 1. The van der Waals surface area contributed by atoms with Gasteiger partial charge in [-0.3, -0.25) is 4.90 Å². The third-order valence-electron chi connectivity index (χ3n) is 3.65. The summed E-state index contributed by atoms with van der Waals surface area (Å²) in [6, 6.07) is 8.11. The summed E-state index contributed by atoms with van der Waals surface area (Å²) >= 11 is 0. The summed E-state index contributed by atoms with van der Waals surface area (Å²) in [6.45, 7) is 3.42. The lowest BCUT2D eigenvalue weighted by Crippen LogP contribution is -2.57. The van der Waals surface area contributed by atoms with Crippen molar-refractivity contribution in [2.45, 2.75) is 32.2 Å². The third-order valence-corrected chi connectivity index (χ3v) is 3.65. The quantitative estimate of drug-likeness (QED) is 0.870. The fourth-order valence-corrected chi connectivity index (χ4v) is 2.04. The predicted octanol–water partition coefficient (Wildman–Crippen LogP) is 2.35. The Bertz CT molecular complexity index is 574. The Balaban J connectivity index is 3.03. The van der Waals surface area contributed by atoms with Gasteiger partial charge in [0.25, 0.3) is 0 Å². The van der Waals surface area contributed by atoms with Gasteiger partial charge in [0, 0.05) is 7.05 Å². The molecular formula is C15H19N3O3. The highest BCUT2D eigenvalue weighted by Gasteiger charge is 2.37. The number of carboxylic acid groups (broad SMARTS) is 1. The summed E-state index contributed by atoms with van der Waals surface area (Å²) in [6.07, 6.45) is 0.552. The molecule has 1 aromatic carbocycles. The standard InChI is InChI=1S/C15H19N3O3/c1-4-15(5-2,13(19)20)17-14(21)18(3)12-9-7-6-8-11(12)10-16/h6-9H,4-5H2,1-3H3,(H,17,21)(H,19,20). The number of nitrogens with one attached hydrogen (secondary N) is 1. The summed E-state index contributed by atoms with van der Waals surface area (Å²) in [4.78, 5) is 25.0. The molecule has 2 N–H and O–H groups in total. The molecule has 0 atom stereocenters. The lowest BCUT2D eigenvalue weighted by atomic mass is 9.93. The number of nitrogens with zero attached hydrogens (tertiary/aromatic N) is 2. The lowest BCUT2D eigenvalue weighted by molar-refractivity contribution is -0.144. The van der Waals surface area contributed by atoms with E-state index in [9.17, 15) is 14.7 Å². The zero-order valence-electron chi connectivity index (χ0n) is 12.4. The predicted molar refractivity (Wildman–Crippen MR) is 79.0 cm³/mol. The van der Waals surface area contributed by atoms with E-state index in [0.717, 1.165) is 0 Å². The Morgan fingerprint density at radius 3 is 2.38 bits per heavy atom. The zero-order valence-corrected chi connectivity index (χ0v) is 12.4. The van der Waals surface area contributed by atoms with Crippen molar-refractivity contribution >= 4 is 17.7 Å². The molecule has 21 heavy (non-hydrogen) atoms. The van der Waals surface area contributed by atoms with Crippen molar-refractivity contribution in [2.24, 2.45) is 0 Å². The first kappa shape index (κ1) is 16.5. The number of benzene rings is 1. The topological polar surface area (TPSA) is 93.4 Å². The molecule has 0 bridgehead atoms. The number of aliphatic carboxylic acids is 1. The Kier molecular flexibility index (Phi) is 5.30. The highest BCUT2D eigenvalue weighted by molar-refractivity contribution is 5.96. The van der Waals surface area contributed by atoms with Crippen LogP contribution in [-0.4, -0.2) is 29.7 Å². The van der Waals surface area contributed by atoms with E-state index in [1.807, 2.05) is 6.07 Å². The molecular weight excluding hydrogens is 270 g/mol. The van der Waals surface area contributed by atoms with E-state index in [1.54, 1.807) is 38.1 Å². The molecule has 6 heteroatoms. The number of rotatable bonds is 5. The Morgan fingerprint density at radius 1 is 1.33 bits per heavy atom. The highest BCUT2D eigenvalue weighted by Crippen LogP contribution is 2.20. The van der Waals surface area contributed by atoms with Gasteiger partial charge in [-0.05, 0) is 25.0 Å². The summed E-state index contributed by atoms with van der Waals surface area (Å²) in [5, 5.41) is 21.0. The van der Waals surface area contributed by atoms with Crippen LogP contribution in [0.25, 0.3) is 0 Å². The van der Waals surface area contributed by atoms with Crippen LogP contribution in [0.3, 0.4) is 0 Å². The first-order valence-corrected chi connectivity index (χ1v) is 6.70. The SMILES string of the molecule is CCC(CC)(NC(=O)N(C)c1ccccc1C#N)C(=O)O. The number of carboxylic acids is 1. The lowest BCUT2D eigenvalue weighted by Gasteiger charge is -2.30. The minimum atomic E-state index is -1.30. The van der Waals surface area contributed by atoms with E-state index in [4.69, 9.17) is 5.26 Å². The van der Waals surface area contributed by atoms with Crippen LogP contribution in [0.5, 0.6) is 0 Å². The summed E-state index contributed by atoms with van der Waals surface area (Å²) in [7, 11) is 1.50. The average Bonchev–Trinajstić information content (AvgIpc) is 2.51. The van der Waals surface area contributed by atoms with E-state index in [1.165, 1.54) is 11.9 Å². The van der Waals surface area contributed by atoms with Crippen LogP contribution in [0.15, 0.2) is 24.3 Å². The molecule has 0 saturated carbocycles. The second kappa shape index (κ2) is 6.75. The number of nitriles is 1. The molecule has 0 aliphatic carbocycles. The summed E-state index contributed by atoms with van der Waals surface area (Å²) in [5.41, 5.74) is -0.513. The molecule has 0 spiro atoms. The summed E-state index contributed by atoms with van der Waals surface area (Å²) in [5.74, 6) is -1.07. The van der Waals surface area contributed by atoms with Crippen molar-refractivity contribution < 1.29 is 14.7 Å². The second-order valence-corrected chi connectivity index (χ2v) is 4.71. The normalized spacial score (nSPS) is 10.6. The van der Waals surface area contributed by atoms with Crippen molar-refractivity contribution in [3.8, 4) is 6.07 Å². The van der Waals surface area contributed by atoms with Crippen LogP contribution >= 0.6 is 0 Å². The number of para-hydroxylation sites is 1. The van der Waals surface area contributed by atoms with Crippen LogP contribution in [0.4, 0.5) is 10.5 Å². The van der Waals surface area contributed by atoms with Crippen molar-refractivity contribution in [3.05, 3.63) is 29.8 Å². The van der Waals surface area contributed by atoms with E-state index in [-0.39, 0.29) is 12.8 Å². The summed E-state index contributed by atoms with van der Waals surface area (Å²) < 4.78 is 0. The first-order valence-electron chi connectivity index (χ1n) is 6.70.